The molecule has 2 atom stereocenters. The molecule has 6 heteroatoms. The van der Waals surface area contributed by atoms with Gasteiger partial charge in [-0.05, 0) is 25.5 Å². The Morgan fingerprint density at radius 3 is 2.78 bits per heavy atom. The van der Waals surface area contributed by atoms with Crippen LogP contribution in [0.5, 0.6) is 5.75 Å². The maximum absolute atomic E-state index is 12.0. The van der Waals surface area contributed by atoms with Crippen molar-refractivity contribution in [1.29, 1.82) is 0 Å². The lowest BCUT2D eigenvalue weighted by Gasteiger charge is -2.15. The number of hydrogen-bond acceptors (Lipinski definition) is 4. The largest absolute Gasteiger partial charge is 0.507 e. The highest BCUT2D eigenvalue weighted by atomic mass is 32.2. The Morgan fingerprint density at radius 1 is 1.44 bits per heavy atom. The van der Waals surface area contributed by atoms with Crippen LogP contribution in [0.3, 0.4) is 0 Å². The van der Waals surface area contributed by atoms with E-state index in [1.807, 2.05) is 6.92 Å². The number of rotatable bonds is 4. The molecule has 0 aromatic heterocycles. The first-order valence-corrected chi connectivity index (χ1v) is 7.38. The smallest absolute Gasteiger partial charge is 0.244 e. The van der Waals surface area contributed by atoms with Crippen LogP contribution in [-0.2, 0) is 14.8 Å². The van der Waals surface area contributed by atoms with E-state index in [0.29, 0.717) is 13.2 Å². The van der Waals surface area contributed by atoms with Crippen LogP contribution in [0.1, 0.15) is 13.3 Å². The molecule has 5 nitrogen and oxygen atoms in total. The third kappa shape index (κ3) is 2.82. The maximum Gasteiger partial charge on any atom is 0.244 e. The van der Waals surface area contributed by atoms with E-state index < -0.39 is 10.0 Å². The number of benzene rings is 1. The number of aromatic hydroxyl groups is 1. The fourth-order valence-electron chi connectivity index (χ4n) is 2.02. The molecule has 2 unspecified atom stereocenters. The fraction of sp³-hybridized carbons (Fsp3) is 0.500. The van der Waals surface area contributed by atoms with E-state index in [1.165, 1.54) is 12.1 Å². The number of phenols is 1. The van der Waals surface area contributed by atoms with Crippen molar-refractivity contribution in [3.05, 3.63) is 24.3 Å². The fourth-order valence-corrected chi connectivity index (χ4v) is 3.21. The van der Waals surface area contributed by atoms with Gasteiger partial charge in [0.15, 0.2) is 0 Å². The monoisotopic (exact) mass is 271 g/mol. The van der Waals surface area contributed by atoms with Crippen LogP contribution in [0.15, 0.2) is 29.2 Å². The quantitative estimate of drug-likeness (QED) is 0.859. The predicted octanol–water partition coefficient (Wildman–Crippen LogP) is 1.10. The van der Waals surface area contributed by atoms with Crippen molar-refractivity contribution in [2.75, 3.05) is 13.2 Å². The van der Waals surface area contributed by atoms with Gasteiger partial charge in [-0.25, -0.2) is 13.1 Å². The highest BCUT2D eigenvalue weighted by Gasteiger charge is 2.26. The van der Waals surface area contributed by atoms with Crippen LogP contribution in [0, 0.1) is 5.92 Å². The molecule has 18 heavy (non-hydrogen) atoms. The van der Waals surface area contributed by atoms with Crippen molar-refractivity contribution in [1.82, 2.24) is 4.72 Å². The van der Waals surface area contributed by atoms with Gasteiger partial charge in [-0.1, -0.05) is 12.1 Å². The highest BCUT2D eigenvalue weighted by Crippen LogP contribution is 2.23. The summed E-state index contributed by atoms with van der Waals surface area (Å²) in [4.78, 5) is -0.0865. The second-order valence-electron chi connectivity index (χ2n) is 4.44. The number of para-hydroxylation sites is 1. The number of ether oxygens (including phenoxy) is 1. The normalized spacial score (nSPS) is 24.3. The number of sulfonamides is 1. The first kappa shape index (κ1) is 13.3. The molecule has 1 aromatic rings. The molecule has 1 aromatic carbocycles. The Kier molecular flexibility index (Phi) is 3.89. The molecule has 1 aliphatic rings. The van der Waals surface area contributed by atoms with Gasteiger partial charge >= 0.3 is 0 Å². The summed E-state index contributed by atoms with van der Waals surface area (Å²) in [7, 11) is -3.66. The molecule has 0 saturated carbocycles. The molecule has 0 bridgehead atoms. The summed E-state index contributed by atoms with van der Waals surface area (Å²) < 4.78 is 31.9. The maximum atomic E-state index is 12.0. The third-order valence-electron chi connectivity index (χ3n) is 3.22. The second-order valence-corrected chi connectivity index (χ2v) is 6.18. The van der Waals surface area contributed by atoms with E-state index in [0.717, 1.165) is 6.42 Å². The van der Waals surface area contributed by atoms with E-state index in [-0.39, 0.29) is 22.7 Å². The van der Waals surface area contributed by atoms with E-state index >= 15 is 0 Å². The Morgan fingerprint density at radius 2 is 2.17 bits per heavy atom. The van der Waals surface area contributed by atoms with Gasteiger partial charge in [0.1, 0.15) is 10.6 Å². The van der Waals surface area contributed by atoms with Crippen LogP contribution in [-0.4, -0.2) is 32.8 Å². The molecule has 1 fully saturated rings. The summed E-state index contributed by atoms with van der Waals surface area (Å²) in [6.45, 7) is 2.94. The molecule has 2 N–H and O–H groups in total. The van der Waals surface area contributed by atoms with Gasteiger partial charge in [0, 0.05) is 19.1 Å². The SMILES string of the molecule is CC1OCCC1CNS(=O)(=O)c1ccccc1O. The van der Waals surface area contributed by atoms with Crippen LogP contribution in [0.4, 0.5) is 0 Å². The summed E-state index contributed by atoms with van der Waals surface area (Å²) in [5.74, 6) is -0.0497. The molecule has 0 aliphatic carbocycles. The van der Waals surface area contributed by atoms with Crippen molar-refractivity contribution < 1.29 is 18.3 Å². The first-order chi connectivity index (χ1) is 8.50. The Labute approximate surface area is 107 Å². The zero-order chi connectivity index (χ0) is 13.2. The minimum Gasteiger partial charge on any atom is -0.507 e. The van der Waals surface area contributed by atoms with Gasteiger partial charge in [-0.15, -0.1) is 0 Å². The lowest BCUT2D eigenvalue weighted by molar-refractivity contribution is 0.107. The average molecular weight is 271 g/mol. The summed E-state index contributed by atoms with van der Waals surface area (Å²) >= 11 is 0. The molecule has 1 aliphatic heterocycles. The summed E-state index contributed by atoms with van der Waals surface area (Å²) in [6.07, 6.45) is 0.918. The standard InChI is InChI=1S/C12H17NO4S/c1-9-10(6-7-17-9)8-13-18(15,16)12-5-3-2-4-11(12)14/h2-5,9-10,13-14H,6-8H2,1H3. The van der Waals surface area contributed by atoms with E-state index in [1.54, 1.807) is 12.1 Å². The molecule has 100 valence electrons. The minimum atomic E-state index is -3.66. The van der Waals surface area contributed by atoms with Gasteiger partial charge in [-0.2, -0.15) is 0 Å². The molecule has 2 rings (SSSR count). The van der Waals surface area contributed by atoms with Crippen LogP contribution >= 0.6 is 0 Å². The van der Waals surface area contributed by atoms with Crippen molar-refractivity contribution in [3.8, 4) is 5.75 Å². The van der Waals surface area contributed by atoms with Crippen LogP contribution < -0.4 is 4.72 Å². The zero-order valence-corrected chi connectivity index (χ0v) is 11.0. The van der Waals surface area contributed by atoms with Gasteiger partial charge in [0.05, 0.1) is 6.10 Å². The molecule has 1 heterocycles. The lowest BCUT2D eigenvalue weighted by Crippen LogP contribution is -2.32. The predicted molar refractivity (Wildman–Crippen MR) is 66.8 cm³/mol. The van der Waals surface area contributed by atoms with E-state index in [2.05, 4.69) is 4.72 Å². The second kappa shape index (κ2) is 5.26. The zero-order valence-electron chi connectivity index (χ0n) is 10.2. The molecule has 0 spiro atoms. The molecule has 1 saturated heterocycles. The molecular weight excluding hydrogens is 254 g/mol. The topological polar surface area (TPSA) is 75.6 Å². The van der Waals surface area contributed by atoms with E-state index in [4.69, 9.17) is 4.74 Å². The van der Waals surface area contributed by atoms with E-state index in [9.17, 15) is 13.5 Å². The Balaban J connectivity index is 2.06. The minimum absolute atomic E-state index is 0.0667. The Hall–Kier alpha value is -1.11. The number of hydrogen-bond donors (Lipinski definition) is 2. The average Bonchev–Trinajstić information content (AvgIpc) is 2.73. The van der Waals surface area contributed by atoms with Crippen molar-refractivity contribution in [2.45, 2.75) is 24.3 Å². The van der Waals surface area contributed by atoms with Crippen LogP contribution in [0.25, 0.3) is 0 Å². The summed E-state index contributed by atoms with van der Waals surface area (Å²) in [5.41, 5.74) is 0. The Bertz CT molecular complexity index is 515. The first-order valence-electron chi connectivity index (χ1n) is 5.90. The van der Waals surface area contributed by atoms with Gasteiger partial charge in [-0.3, -0.25) is 0 Å². The highest BCUT2D eigenvalue weighted by molar-refractivity contribution is 7.89. The van der Waals surface area contributed by atoms with Gasteiger partial charge < -0.3 is 9.84 Å². The molecule has 0 amide bonds. The molecular formula is C12H17NO4S. The van der Waals surface area contributed by atoms with Gasteiger partial charge in [0.2, 0.25) is 10.0 Å². The lowest BCUT2D eigenvalue weighted by atomic mass is 10.0. The summed E-state index contributed by atoms with van der Waals surface area (Å²) in [6, 6.07) is 5.90. The molecule has 0 radical (unpaired) electrons. The van der Waals surface area contributed by atoms with Crippen LogP contribution in [0.2, 0.25) is 0 Å². The van der Waals surface area contributed by atoms with Crippen molar-refractivity contribution in [3.63, 3.8) is 0 Å². The third-order valence-corrected chi connectivity index (χ3v) is 4.69. The van der Waals surface area contributed by atoms with Gasteiger partial charge in [0.25, 0.3) is 0 Å². The van der Waals surface area contributed by atoms with Crippen molar-refractivity contribution in [2.24, 2.45) is 5.92 Å². The number of phenolic OH excluding ortho intramolecular Hbond substituents is 1. The number of nitrogens with one attached hydrogen (secondary N) is 1. The van der Waals surface area contributed by atoms with Crippen molar-refractivity contribution >= 4 is 10.0 Å². The summed E-state index contributed by atoms with van der Waals surface area (Å²) in [5, 5.41) is 9.55.